The van der Waals surface area contributed by atoms with Gasteiger partial charge in [0.1, 0.15) is 5.52 Å². The molecule has 0 N–H and O–H groups in total. The van der Waals surface area contributed by atoms with Crippen LogP contribution in [0.3, 0.4) is 0 Å². The van der Waals surface area contributed by atoms with E-state index in [0.717, 1.165) is 42.9 Å². The van der Waals surface area contributed by atoms with Gasteiger partial charge in [0.05, 0.1) is 11.7 Å². The van der Waals surface area contributed by atoms with Crippen molar-refractivity contribution in [1.82, 2.24) is 25.4 Å². The number of nitrogens with zero attached hydrogens (tertiary/aromatic N) is 6. The van der Waals surface area contributed by atoms with Crippen molar-refractivity contribution in [3.8, 4) is 0 Å². The van der Waals surface area contributed by atoms with Crippen LogP contribution in [-0.2, 0) is 0 Å². The highest BCUT2D eigenvalue weighted by Gasteiger charge is 2.26. The Kier molecular flexibility index (Phi) is 3.45. The molecule has 0 spiro atoms. The summed E-state index contributed by atoms with van der Waals surface area (Å²) in [5.41, 5.74) is 2.69. The minimum absolute atomic E-state index is 0.128. The van der Waals surface area contributed by atoms with Gasteiger partial charge in [-0.25, -0.2) is 4.63 Å². The number of hydrogen-bond acceptors (Lipinski definition) is 8. The number of anilines is 1. The Morgan fingerprint density at radius 1 is 1.09 bits per heavy atom. The summed E-state index contributed by atoms with van der Waals surface area (Å²) >= 11 is 0. The monoisotopic (exact) mass is 314 g/mol. The Morgan fingerprint density at radius 2 is 1.91 bits per heavy atom. The van der Waals surface area contributed by atoms with E-state index in [0.29, 0.717) is 11.7 Å². The standard InChI is InChI=1S/C15H18N6O2/c1-10(15-16-11(2)17-22-15)20-6-8-21(9-7-20)13-5-3-4-12-14(13)19-23-18-12/h3-5,10H,6-9H2,1-2H3. The molecule has 1 aromatic carbocycles. The Balaban J connectivity index is 1.48. The molecule has 1 saturated heterocycles. The molecular formula is C15H18N6O2. The van der Waals surface area contributed by atoms with Crippen molar-refractivity contribution in [1.29, 1.82) is 0 Å². The van der Waals surface area contributed by atoms with E-state index >= 15 is 0 Å². The molecule has 1 fully saturated rings. The Bertz CT molecular complexity index is 805. The van der Waals surface area contributed by atoms with E-state index in [-0.39, 0.29) is 6.04 Å². The molecule has 120 valence electrons. The highest BCUT2D eigenvalue weighted by Crippen LogP contribution is 2.27. The molecule has 2 aromatic heterocycles. The highest BCUT2D eigenvalue weighted by molar-refractivity contribution is 5.87. The topological polar surface area (TPSA) is 84.3 Å². The Hall–Kier alpha value is -2.48. The van der Waals surface area contributed by atoms with Gasteiger partial charge in [0.15, 0.2) is 11.3 Å². The summed E-state index contributed by atoms with van der Waals surface area (Å²) in [6.45, 7) is 7.59. The number of aryl methyl sites for hydroxylation is 1. The molecule has 4 rings (SSSR count). The molecule has 1 atom stereocenters. The number of benzene rings is 1. The van der Waals surface area contributed by atoms with Crippen molar-refractivity contribution >= 4 is 16.7 Å². The Labute approximate surface area is 133 Å². The van der Waals surface area contributed by atoms with Crippen molar-refractivity contribution in [3.63, 3.8) is 0 Å². The second kappa shape index (κ2) is 5.62. The third-order valence-electron chi connectivity index (χ3n) is 4.37. The van der Waals surface area contributed by atoms with E-state index in [1.54, 1.807) is 0 Å². The van der Waals surface area contributed by atoms with Gasteiger partial charge in [-0.2, -0.15) is 4.98 Å². The minimum atomic E-state index is 0.128. The lowest BCUT2D eigenvalue weighted by Gasteiger charge is -2.37. The van der Waals surface area contributed by atoms with Crippen LogP contribution in [0.4, 0.5) is 5.69 Å². The summed E-state index contributed by atoms with van der Waals surface area (Å²) in [5, 5.41) is 11.8. The van der Waals surface area contributed by atoms with Gasteiger partial charge in [0, 0.05) is 26.2 Å². The quantitative estimate of drug-likeness (QED) is 0.723. The highest BCUT2D eigenvalue weighted by atomic mass is 16.6. The molecule has 23 heavy (non-hydrogen) atoms. The summed E-state index contributed by atoms with van der Waals surface area (Å²) in [7, 11) is 0. The second-order valence-corrected chi connectivity index (χ2v) is 5.79. The van der Waals surface area contributed by atoms with Gasteiger partial charge in [-0.3, -0.25) is 4.90 Å². The zero-order valence-corrected chi connectivity index (χ0v) is 13.1. The van der Waals surface area contributed by atoms with Gasteiger partial charge in [0.2, 0.25) is 5.89 Å². The number of aromatic nitrogens is 4. The molecular weight excluding hydrogens is 296 g/mol. The van der Waals surface area contributed by atoms with Crippen LogP contribution in [0.15, 0.2) is 27.4 Å². The fraction of sp³-hybridized carbons (Fsp3) is 0.467. The zero-order valence-electron chi connectivity index (χ0n) is 13.1. The first-order valence-electron chi connectivity index (χ1n) is 7.73. The third-order valence-corrected chi connectivity index (χ3v) is 4.37. The van der Waals surface area contributed by atoms with Crippen LogP contribution in [0.25, 0.3) is 11.0 Å². The van der Waals surface area contributed by atoms with Gasteiger partial charge in [-0.15, -0.1) is 0 Å². The van der Waals surface area contributed by atoms with Crippen LogP contribution >= 0.6 is 0 Å². The number of piperazine rings is 1. The van der Waals surface area contributed by atoms with E-state index in [1.165, 1.54) is 0 Å². The van der Waals surface area contributed by atoms with Gasteiger partial charge < -0.3 is 9.42 Å². The first-order valence-corrected chi connectivity index (χ1v) is 7.73. The lowest BCUT2D eigenvalue weighted by molar-refractivity contribution is 0.164. The maximum absolute atomic E-state index is 5.29. The van der Waals surface area contributed by atoms with Crippen LogP contribution in [0.2, 0.25) is 0 Å². The van der Waals surface area contributed by atoms with Crippen molar-refractivity contribution in [2.24, 2.45) is 0 Å². The van der Waals surface area contributed by atoms with E-state index < -0.39 is 0 Å². The molecule has 3 heterocycles. The fourth-order valence-corrected chi connectivity index (χ4v) is 3.04. The third kappa shape index (κ3) is 2.55. The predicted molar refractivity (Wildman–Crippen MR) is 83.0 cm³/mol. The minimum Gasteiger partial charge on any atom is -0.367 e. The normalized spacial score (nSPS) is 17.7. The van der Waals surface area contributed by atoms with Crippen molar-refractivity contribution in [2.75, 3.05) is 31.1 Å². The first-order chi connectivity index (χ1) is 11.2. The van der Waals surface area contributed by atoms with E-state index in [1.807, 2.05) is 19.1 Å². The summed E-state index contributed by atoms with van der Waals surface area (Å²) < 4.78 is 10.1. The average molecular weight is 314 g/mol. The molecule has 3 aromatic rings. The van der Waals surface area contributed by atoms with Gasteiger partial charge >= 0.3 is 0 Å². The number of hydrogen-bond donors (Lipinski definition) is 0. The Morgan fingerprint density at radius 3 is 2.65 bits per heavy atom. The number of fused-ring (bicyclic) bond motifs is 1. The largest absolute Gasteiger partial charge is 0.367 e. The van der Waals surface area contributed by atoms with Crippen molar-refractivity contribution < 1.29 is 9.15 Å². The predicted octanol–water partition coefficient (Wildman–Crippen LogP) is 1.80. The molecule has 8 nitrogen and oxygen atoms in total. The smallest absolute Gasteiger partial charge is 0.243 e. The lowest BCUT2D eigenvalue weighted by Crippen LogP contribution is -2.47. The fourth-order valence-electron chi connectivity index (χ4n) is 3.04. The molecule has 0 bridgehead atoms. The maximum Gasteiger partial charge on any atom is 0.243 e. The average Bonchev–Trinajstić information content (AvgIpc) is 3.22. The van der Waals surface area contributed by atoms with E-state index in [2.05, 4.69) is 43.2 Å². The van der Waals surface area contributed by atoms with Gasteiger partial charge in [0.25, 0.3) is 0 Å². The zero-order chi connectivity index (χ0) is 15.8. The van der Waals surface area contributed by atoms with Crippen LogP contribution in [0.1, 0.15) is 24.7 Å². The molecule has 1 unspecified atom stereocenters. The first kappa shape index (κ1) is 14.1. The van der Waals surface area contributed by atoms with Gasteiger partial charge in [-0.1, -0.05) is 11.2 Å². The van der Waals surface area contributed by atoms with E-state index in [9.17, 15) is 0 Å². The second-order valence-electron chi connectivity index (χ2n) is 5.79. The summed E-state index contributed by atoms with van der Waals surface area (Å²) in [5.74, 6) is 1.36. The summed E-state index contributed by atoms with van der Waals surface area (Å²) in [6, 6.07) is 6.08. The van der Waals surface area contributed by atoms with Crippen molar-refractivity contribution in [3.05, 3.63) is 29.9 Å². The molecule has 0 saturated carbocycles. The van der Waals surface area contributed by atoms with Crippen LogP contribution in [0.5, 0.6) is 0 Å². The molecule has 1 aliphatic rings. The lowest BCUT2D eigenvalue weighted by atomic mass is 10.2. The molecule has 0 radical (unpaired) electrons. The van der Waals surface area contributed by atoms with Crippen molar-refractivity contribution in [2.45, 2.75) is 19.9 Å². The SMILES string of the molecule is Cc1noc(C(C)N2CCN(c3cccc4nonc34)CC2)n1. The summed E-state index contributed by atoms with van der Waals surface area (Å²) in [4.78, 5) is 9.00. The molecule has 8 heteroatoms. The maximum atomic E-state index is 5.29. The molecule has 0 aliphatic carbocycles. The van der Waals surface area contributed by atoms with Crippen LogP contribution < -0.4 is 4.90 Å². The molecule has 0 amide bonds. The van der Waals surface area contributed by atoms with E-state index in [4.69, 9.17) is 9.15 Å². The molecule has 1 aliphatic heterocycles. The number of rotatable bonds is 3. The van der Waals surface area contributed by atoms with Crippen LogP contribution in [-0.4, -0.2) is 51.5 Å². The van der Waals surface area contributed by atoms with Crippen LogP contribution in [0, 0.1) is 6.92 Å². The van der Waals surface area contributed by atoms with Gasteiger partial charge in [-0.05, 0) is 36.3 Å². The summed E-state index contributed by atoms with van der Waals surface area (Å²) in [6.07, 6.45) is 0.